The predicted octanol–water partition coefficient (Wildman–Crippen LogP) is 2.86. The minimum atomic E-state index is -3.45. The number of rotatable bonds is 4. The normalized spacial score (nSPS) is 28.9. The van der Waals surface area contributed by atoms with Gasteiger partial charge in [-0.15, -0.1) is 5.10 Å². The molecule has 0 unspecified atom stereocenters. The molecule has 0 bridgehead atoms. The first-order valence-electron chi connectivity index (χ1n) is 9.39. The van der Waals surface area contributed by atoms with Gasteiger partial charge in [-0.3, -0.25) is 0 Å². The van der Waals surface area contributed by atoms with Crippen molar-refractivity contribution in [2.45, 2.75) is 50.0 Å². The van der Waals surface area contributed by atoms with Gasteiger partial charge in [0.2, 0.25) is 16.0 Å². The largest absolute Gasteiger partial charge is 0.347 e. The van der Waals surface area contributed by atoms with Gasteiger partial charge in [0.05, 0.1) is 27.8 Å². The molecule has 1 saturated heterocycles. The Kier molecular flexibility index (Phi) is 5.70. The van der Waals surface area contributed by atoms with Crippen LogP contribution in [0.3, 0.4) is 0 Å². The lowest BCUT2D eigenvalue weighted by molar-refractivity contribution is 0.186. The lowest BCUT2D eigenvalue weighted by Gasteiger charge is -2.33. The fraction of sp³-hybridized carbons (Fsp3) is 0.647. The van der Waals surface area contributed by atoms with E-state index in [0.717, 1.165) is 17.0 Å². The molecular formula is C17H21F3IN5O2S. The van der Waals surface area contributed by atoms with Crippen LogP contribution >= 0.6 is 22.6 Å². The molecule has 0 aromatic carbocycles. The summed E-state index contributed by atoms with van der Waals surface area (Å²) in [6.45, 7) is -0.0578. The molecule has 29 heavy (non-hydrogen) atoms. The maximum Gasteiger partial charge on any atom is 0.241 e. The molecule has 7 nitrogen and oxygen atoms in total. The zero-order valence-corrected chi connectivity index (χ0v) is 18.6. The second kappa shape index (κ2) is 7.84. The van der Waals surface area contributed by atoms with Gasteiger partial charge < -0.3 is 5.32 Å². The van der Waals surface area contributed by atoms with Crippen molar-refractivity contribution in [3.8, 4) is 0 Å². The minimum Gasteiger partial charge on any atom is -0.347 e. The van der Waals surface area contributed by atoms with Crippen LogP contribution in [0.25, 0.3) is 5.52 Å². The summed E-state index contributed by atoms with van der Waals surface area (Å²) in [6, 6.07) is -0.672. The fourth-order valence-corrected chi connectivity index (χ4v) is 5.87. The number of piperidine rings is 1. The number of hydrogen-bond acceptors (Lipinski definition) is 5. The van der Waals surface area contributed by atoms with Crippen LogP contribution in [0.2, 0.25) is 0 Å². The second-order valence-electron chi connectivity index (χ2n) is 7.62. The Bertz CT molecular complexity index is 1030. The first kappa shape index (κ1) is 21.1. The van der Waals surface area contributed by atoms with Gasteiger partial charge in [-0.2, -0.15) is 4.31 Å². The van der Waals surface area contributed by atoms with Gasteiger partial charge in [0.15, 0.2) is 5.82 Å². The maximum atomic E-state index is 14.6. The van der Waals surface area contributed by atoms with E-state index in [1.165, 1.54) is 10.7 Å². The van der Waals surface area contributed by atoms with E-state index in [1.807, 2.05) is 22.6 Å². The number of aromatic nitrogens is 3. The van der Waals surface area contributed by atoms with Crippen LogP contribution in [0.15, 0.2) is 6.20 Å². The quantitative estimate of drug-likeness (QED) is 0.601. The molecular weight excluding hydrogens is 522 g/mol. The number of alkyl halides is 2. The van der Waals surface area contributed by atoms with E-state index in [1.54, 1.807) is 0 Å². The lowest BCUT2D eigenvalue weighted by atomic mass is 10.0. The van der Waals surface area contributed by atoms with Crippen molar-refractivity contribution in [1.82, 2.24) is 18.9 Å². The Morgan fingerprint density at radius 2 is 2.00 bits per heavy atom. The average Bonchev–Trinajstić information content (AvgIpc) is 3.17. The molecule has 2 fully saturated rings. The standard InChI is InChI=1S/C17H21F3IN5O2S/c1-29(27,28)25-6-5-12(11(19)8-25)23-17-22-7-13-14(20)15(21)16(26(13)24-17)9-3-2-4-10(9)18/h7,9-12H,2-6,8H2,1H3,(H,23,24)/t9-,10+,11-,12-/m1/s1. The van der Waals surface area contributed by atoms with Gasteiger partial charge in [-0.05, 0) is 48.3 Å². The molecule has 4 rings (SSSR count). The van der Waals surface area contributed by atoms with Crippen molar-refractivity contribution in [1.29, 1.82) is 0 Å². The van der Waals surface area contributed by atoms with Gasteiger partial charge in [-0.25, -0.2) is 31.1 Å². The van der Waals surface area contributed by atoms with Gasteiger partial charge >= 0.3 is 0 Å². The Hall–Kier alpha value is -1.15. The number of halogens is 4. The molecule has 2 aromatic heterocycles. The third-order valence-electron chi connectivity index (χ3n) is 5.67. The fourth-order valence-electron chi connectivity index (χ4n) is 4.12. The van der Waals surface area contributed by atoms with E-state index in [-0.39, 0.29) is 31.0 Å². The molecule has 2 aliphatic rings. The predicted molar refractivity (Wildman–Crippen MR) is 110 cm³/mol. The van der Waals surface area contributed by atoms with Crippen molar-refractivity contribution in [2.75, 3.05) is 24.7 Å². The third kappa shape index (κ3) is 3.94. The van der Waals surface area contributed by atoms with Crippen molar-refractivity contribution < 1.29 is 21.6 Å². The summed E-state index contributed by atoms with van der Waals surface area (Å²) in [6.07, 6.45) is 1.89. The van der Waals surface area contributed by atoms with E-state index in [4.69, 9.17) is 0 Å². The molecule has 3 heterocycles. The van der Waals surface area contributed by atoms with Crippen LogP contribution in [0.1, 0.15) is 37.3 Å². The van der Waals surface area contributed by atoms with Crippen molar-refractivity contribution in [3.63, 3.8) is 0 Å². The number of hydrogen-bond donors (Lipinski definition) is 1. The summed E-state index contributed by atoms with van der Waals surface area (Å²) in [5.41, 5.74) is 0.634. The second-order valence-corrected chi connectivity index (χ2v) is 10.7. The lowest BCUT2D eigenvalue weighted by Crippen LogP contribution is -2.49. The monoisotopic (exact) mass is 543 g/mol. The number of nitrogens with one attached hydrogen (secondary N) is 1. The van der Waals surface area contributed by atoms with Gasteiger partial charge in [0.1, 0.15) is 17.9 Å². The molecule has 12 heteroatoms. The average molecular weight is 543 g/mol. The summed E-state index contributed by atoms with van der Waals surface area (Å²) in [7, 11) is -3.45. The van der Waals surface area contributed by atoms with E-state index in [0.29, 0.717) is 22.1 Å². The van der Waals surface area contributed by atoms with E-state index >= 15 is 0 Å². The van der Waals surface area contributed by atoms with Crippen LogP contribution in [0.5, 0.6) is 0 Å². The summed E-state index contributed by atoms with van der Waals surface area (Å²) in [5.74, 6) is -0.830. The topological polar surface area (TPSA) is 79.6 Å². The van der Waals surface area contributed by atoms with E-state index in [9.17, 15) is 21.6 Å². The van der Waals surface area contributed by atoms with Gasteiger partial charge in [0, 0.05) is 19.0 Å². The van der Waals surface area contributed by atoms with Gasteiger partial charge in [-0.1, -0.05) is 0 Å². The molecule has 1 N–H and O–H groups in total. The van der Waals surface area contributed by atoms with Crippen LogP contribution in [-0.4, -0.2) is 65.1 Å². The van der Waals surface area contributed by atoms with Crippen molar-refractivity contribution in [3.05, 3.63) is 21.3 Å². The SMILES string of the molecule is CS(=O)(=O)N1CC[C@@H](Nc2ncc3c(F)c(I)c([C@@H]4CCC[C@@H]4F)n3n2)[C@H](F)C1. The van der Waals surface area contributed by atoms with Crippen LogP contribution < -0.4 is 5.32 Å². The zero-order valence-electron chi connectivity index (χ0n) is 15.7. The van der Waals surface area contributed by atoms with Crippen LogP contribution in [0.4, 0.5) is 19.1 Å². The third-order valence-corrected chi connectivity index (χ3v) is 7.97. The molecule has 160 valence electrons. The van der Waals surface area contributed by atoms with Crippen molar-refractivity contribution in [2.24, 2.45) is 0 Å². The Morgan fingerprint density at radius 3 is 2.62 bits per heavy atom. The van der Waals surface area contributed by atoms with E-state index < -0.39 is 40.1 Å². The summed E-state index contributed by atoms with van der Waals surface area (Å²) in [4.78, 5) is 4.09. The molecule has 1 aliphatic carbocycles. The molecule has 1 aliphatic heterocycles. The molecule has 0 spiro atoms. The number of fused-ring (bicyclic) bond motifs is 1. The summed E-state index contributed by atoms with van der Waals surface area (Å²) >= 11 is 1.86. The van der Waals surface area contributed by atoms with Crippen LogP contribution in [0, 0.1) is 9.39 Å². The number of nitrogens with zero attached hydrogens (tertiary/aromatic N) is 4. The Balaban J connectivity index is 1.61. The minimum absolute atomic E-state index is 0.0963. The maximum absolute atomic E-state index is 14.6. The number of sulfonamides is 1. The highest BCUT2D eigenvalue weighted by molar-refractivity contribution is 14.1. The molecule has 1 saturated carbocycles. The Morgan fingerprint density at radius 1 is 1.24 bits per heavy atom. The highest BCUT2D eigenvalue weighted by atomic mass is 127. The van der Waals surface area contributed by atoms with Crippen LogP contribution in [-0.2, 0) is 10.0 Å². The molecule has 4 atom stereocenters. The summed E-state index contributed by atoms with van der Waals surface area (Å²) < 4.78 is 69.5. The highest BCUT2D eigenvalue weighted by Crippen LogP contribution is 2.40. The summed E-state index contributed by atoms with van der Waals surface area (Å²) in [5, 5.41) is 7.21. The Labute approximate surface area is 180 Å². The molecule has 2 aromatic rings. The number of anilines is 1. The molecule has 0 amide bonds. The van der Waals surface area contributed by atoms with Crippen molar-refractivity contribution >= 4 is 44.1 Å². The highest BCUT2D eigenvalue weighted by Gasteiger charge is 2.36. The van der Waals surface area contributed by atoms with E-state index in [2.05, 4.69) is 15.4 Å². The first-order chi connectivity index (χ1) is 13.7. The smallest absolute Gasteiger partial charge is 0.241 e. The molecule has 0 radical (unpaired) electrons. The first-order valence-corrected chi connectivity index (χ1v) is 12.3. The zero-order chi connectivity index (χ0) is 20.9. The van der Waals surface area contributed by atoms with Gasteiger partial charge in [0.25, 0.3) is 0 Å².